The summed E-state index contributed by atoms with van der Waals surface area (Å²) in [6.07, 6.45) is 1.79. The Bertz CT molecular complexity index is 720. The third-order valence-electron chi connectivity index (χ3n) is 3.04. The minimum atomic E-state index is 0.701. The first-order valence-corrected chi connectivity index (χ1v) is 6.48. The molecule has 1 heterocycles. The number of hydrogen-bond donors (Lipinski definition) is 1. The molecule has 2 aromatic carbocycles. The fraction of sp³-hybridized carbons (Fsp3) is 0.0625. The molecular weight excluding hydrogens is 256 g/mol. The Morgan fingerprint density at radius 1 is 1.00 bits per heavy atom. The highest BCUT2D eigenvalue weighted by Gasteiger charge is 2.03. The van der Waals surface area contributed by atoms with E-state index in [1.54, 1.807) is 6.20 Å². The van der Waals surface area contributed by atoms with Crippen LogP contribution < -0.4 is 5.32 Å². The normalized spacial score (nSPS) is 10.6. The van der Waals surface area contributed by atoms with Crippen LogP contribution in [0.2, 0.25) is 5.02 Å². The maximum absolute atomic E-state index is 5.99. The quantitative estimate of drug-likeness (QED) is 0.712. The Kier molecular flexibility index (Phi) is 3.10. The molecule has 0 bridgehead atoms. The van der Waals surface area contributed by atoms with Gasteiger partial charge >= 0.3 is 0 Å². The predicted octanol–water partition coefficient (Wildman–Crippen LogP) is 4.94. The standard InChI is InChI=1S/C16H13ClN2/c1-11-2-5-13(6-3-11)19-15-8-9-18-16-10-12(17)4-7-14(15)16/h2-10H,1H3,(H,18,19). The molecule has 2 nitrogen and oxygen atoms in total. The lowest BCUT2D eigenvalue weighted by Crippen LogP contribution is -1.92. The van der Waals surface area contributed by atoms with Gasteiger partial charge in [-0.05, 0) is 43.3 Å². The molecule has 1 N–H and O–H groups in total. The van der Waals surface area contributed by atoms with Crippen LogP contribution in [-0.2, 0) is 0 Å². The molecule has 0 saturated carbocycles. The van der Waals surface area contributed by atoms with E-state index in [1.165, 1.54) is 5.56 Å². The second kappa shape index (κ2) is 4.90. The summed E-state index contributed by atoms with van der Waals surface area (Å²) in [4.78, 5) is 4.33. The highest BCUT2D eigenvalue weighted by Crippen LogP contribution is 2.27. The van der Waals surface area contributed by atoms with Crippen molar-refractivity contribution in [2.24, 2.45) is 0 Å². The number of rotatable bonds is 2. The summed E-state index contributed by atoms with van der Waals surface area (Å²) in [6.45, 7) is 2.08. The van der Waals surface area contributed by atoms with Crippen LogP contribution in [0.15, 0.2) is 54.7 Å². The molecule has 19 heavy (non-hydrogen) atoms. The van der Waals surface area contributed by atoms with Crippen molar-refractivity contribution in [3.8, 4) is 0 Å². The van der Waals surface area contributed by atoms with Crippen LogP contribution in [0.3, 0.4) is 0 Å². The Morgan fingerprint density at radius 3 is 2.58 bits per heavy atom. The van der Waals surface area contributed by atoms with Gasteiger partial charge in [0.15, 0.2) is 0 Å². The average Bonchev–Trinajstić information content (AvgIpc) is 2.41. The van der Waals surface area contributed by atoms with Crippen molar-refractivity contribution in [2.45, 2.75) is 6.92 Å². The molecule has 0 radical (unpaired) electrons. The minimum absolute atomic E-state index is 0.701. The molecule has 3 aromatic rings. The molecule has 0 aliphatic heterocycles. The van der Waals surface area contributed by atoms with E-state index in [0.717, 1.165) is 22.3 Å². The lowest BCUT2D eigenvalue weighted by Gasteiger charge is -2.09. The second-order valence-electron chi connectivity index (χ2n) is 4.51. The number of nitrogens with zero attached hydrogens (tertiary/aromatic N) is 1. The van der Waals surface area contributed by atoms with E-state index in [4.69, 9.17) is 11.6 Å². The van der Waals surface area contributed by atoms with Gasteiger partial charge in [0.05, 0.1) is 5.52 Å². The Labute approximate surface area is 117 Å². The van der Waals surface area contributed by atoms with E-state index < -0.39 is 0 Å². The van der Waals surface area contributed by atoms with Crippen molar-refractivity contribution in [1.29, 1.82) is 0 Å². The average molecular weight is 269 g/mol. The fourth-order valence-electron chi connectivity index (χ4n) is 2.02. The first-order valence-electron chi connectivity index (χ1n) is 6.10. The smallest absolute Gasteiger partial charge is 0.0737 e. The van der Waals surface area contributed by atoms with Gasteiger partial charge in [-0.25, -0.2) is 0 Å². The monoisotopic (exact) mass is 268 g/mol. The maximum atomic E-state index is 5.99. The van der Waals surface area contributed by atoms with Gasteiger partial charge in [-0.15, -0.1) is 0 Å². The molecule has 0 fully saturated rings. The summed E-state index contributed by atoms with van der Waals surface area (Å²) in [7, 11) is 0. The van der Waals surface area contributed by atoms with Gasteiger partial charge in [-0.1, -0.05) is 29.3 Å². The second-order valence-corrected chi connectivity index (χ2v) is 4.95. The number of halogens is 1. The molecule has 0 atom stereocenters. The van der Waals surface area contributed by atoms with Crippen molar-refractivity contribution in [3.63, 3.8) is 0 Å². The van der Waals surface area contributed by atoms with Gasteiger partial charge in [0.25, 0.3) is 0 Å². The number of nitrogens with one attached hydrogen (secondary N) is 1. The molecular formula is C16H13ClN2. The fourth-order valence-corrected chi connectivity index (χ4v) is 2.19. The lowest BCUT2D eigenvalue weighted by atomic mass is 10.1. The van der Waals surface area contributed by atoms with Crippen LogP contribution >= 0.6 is 11.6 Å². The number of pyridine rings is 1. The van der Waals surface area contributed by atoms with Gasteiger partial charge in [-0.2, -0.15) is 0 Å². The van der Waals surface area contributed by atoms with Crippen LogP contribution in [0, 0.1) is 6.92 Å². The van der Waals surface area contributed by atoms with Crippen molar-refractivity contribution in [1.82, 2.24) is 4.98 Å². The SMILES string of the molecule is Cc1ccc(Nc2ccnc3cc(Cl)ccc23)cc1. The van der Waals surface area contributed by atoms with E-state index >= 15 is 0 Å². The molecule has 0 amide bonds. The highest BCUT2D eigenvalue weighted by molar-refractivity contribution is 6.31. The third-order valence-corrected chi connectivity index (χ3v) is 3.27. The Morgan fingerprint density at radius 2 is 1.79 bits per heavy atom. The number of hydrogen-bond acceptors (Lipinski definition) is 2. The Hall–Kier alpha value is -2.06. The van der Waals surface area contributed by atoms with Crippen molar-refractivity contribution >= 4 is 33.9 Å². The first-order chi connectivity index (χ1) is 9.22. The number of fused-ring (bicyclic) bond motifs is 1. The Balaban J connectivity index is 2.03. The first kappa shape index (κ1) is 12.0. The van der Waals surface area contributed by atoms with Gasteiger partial charge < -0.3 is 5.32 Å². The zero-order valence-corrected chi connectivity index (χ0v) is 11.3. The van der Waals surface area contributed by atoms with Gasteiger partial charge in [0, 0.05) is 28.0 Å². The molecule has 0 saturated heterocycles. The largest absolute Gasteiger partial charge is 0.355 e. The molecule has 3 heteroatoms. The molecule has 3 rings (SSSR count). The minimum Gasteiger partial charge on any atom is -0.355 e. The summed E-state index contributed by atoms with van der Waals surface area (Å²) in [5.41, 5.74) is 4.24. The summed E-state index contributed by atoms with van der Waals surface area (Å²) < 4.78 is 0. The molecule has 0 aliphatic carbocycles. The predicted molar refractivity (Wildman–Crippen MR) is 81.2 cm³/mol. The number of anilines is 2. The van der Waals surface area contributed by atoms with Crippen LogP contribution in [0.4, 0.5) is 11.4 Å². The summed E-state index contributed by atoms with van der Waals surface area (Å²) in [6, 6.07) is 16.0. The van der Waals surface area contributed by atoms with E-state index in [2.05, 4.69) is 41.5 Å². The van der Waals surface area contributed by atoms with Gasteiger partial charge in [0.2, 0.25) is 0 Å². The third kappa shape index (κ3) is 2.54. The summed E-state index contributed by atoms with van der Waals surface area (Å²) in [5, 5.41) is 5.17. The molecule has 1 aromatic heterocycles. The van der Waals surface area contributed by atoms with E-state index in [1.807, 2.05) is 24.3 Å². The zero-order valence-electron chi connectivity index (χ0n) is 10.5. The van der Waals surface area contributed by atoms with E-state index in [-0.39, 0.29) is 0 Å². The van der Waals surface area contributed by atoms with E-state index in [0.29, 0.717) is 5.02 Å². The molecule has 0 spiro atoms. The number of benzene rings is 2. The van der Waals surface area contributed by atoms with Crippen molar-refractivity contribution < 1.29 is 0 Å². The van der Waals surface area contributed by atoms with Crippen molar-refractivity contribution in [3.05, 3.63) is 65.3 Å². The molecule has 0 aliphatic rings. The number of aryl methyl sites for hydroxylation is 1. The van der Waals surface area contributed by atoms with E-state index in [9.17, 15) is 0 Å². The van der Waals surface area contributed by atoms with Crippen LogP contribution in [0.25, 0.3) is 10.9 Å². The molecule has 0 unspecified atom stereocenters. The van der Waals surface area contributed by atoms with Crippen LogP contribution in [-0.4, -0.2) is 4.98 Å². The molecule has 94 valence electrons. The van der Waals surface area contributed by atoms with Gasteiger partial charge in [-0.3, -0.25) is 4.98 Å². The summed E-state index contributed by atoms with van der Waals surface area (Å²) in [5.74, 6) is 0. The van der Waals surface area contributed by atoms with Crippen LogP contribution in [0.5, 0.6) is 0 Å². The zero-order chi connectivity index (χ0) is 13.2. The highest BCUT2D eigenvalue weighted by atomic mass is 35.5. The topological polar surface area (TPSA) is 24.9 Å². The maximum Gasteiger partial charge on any atom is 0.0737 e. The number of aromatic nitrogens is 1. The lowest BCUT2D eigenvalue weighted by molar-refractivity contribution is 1.40. The van der Waals surface area contributed by atoms with Crippen LogP contribution in [0.1, 0.15) is 5.56 Å². The summed E-state index contributed by atoms with van der Waals surface area (Å²) >= 11 is 5.99. The van der Waals surface area contributed by atoms with Gasteiger partial charge in [0.1, 0.15) is 0 Å². The van der Waals surface area contributed by atoms with Crippen molar-refractivity contribution in [2.75, 3.05) is 5.32 Å².